The molecule has 82 valence electrons. The van der Waals surface area contributed by atoms with E-state index in [1.807, 2.05) is 0 Å². The lowest BCUT2D eigenvalue weighted by Gasteiger charge is -2.05. The Kier molecular flexibility index (Phi) is 2.12. The zero-order valence-electron chi connectivity index (χ0n) is 8.70. The Hall–Kier alpha value is -1.10. The van der Waals surface area contributed by atoms with E-state index in [1.165, 1.54) is 12.8 Å². The highest BCUT2D eigenvalue weighted by atomic mass is 16.1. The largest absolute Gasteiger partial charge is 0.343 e. The first-order valence-corrected chi connectivity index (χ1v) is 5.70. The zero-order valence-corrected chi connectivity index (χ0v) is 8.70. The number of hydrogen-bond acceptors (Lipinski definition) is 3. The molecular weight excluding hydrogens is 192 g/mol. The molecule has 0 bridgehead atoms. The molecule has 1 saturated carbocycles. The number of rotatable bonds is 3. The van der Waals surface area contributed by atoms with Crippen molar-refractivity contribution < 1.29 is 0 Å². The van der Waals surface area contributed by atoms with Gasteiger partial charge in [-0.05, 0) is 38.3 Å². The summed E-state index contributed by atoms with van der Waals surface area (Å²) in [6, 6.07) is 0. The van der Waals surface area contributed by atoms with Gasteiger partial charge in [0, 0.05) is 5.92 Å². The van der Waals surface area contributed by atoms with Crippen LogP contribution in [0.25, 0.3) is 0 Å². The molecule has 1 saturated heterocycles. The van der Waals surface area contributed by atoms with Crippen LogP contribution in [0.4, 0.5) is 0 Å². The van der Waals surface area contributed by atoms with E-state index >= 15 is 0 Å². The van der Waals surface area contributed by atoms with Crippen LogP contribution in [-0.2, 0) is 6.54 Å². The van der Waals surface area contributed by atoms with Gasteiger partial charge in [-0.15, -0.1) is 0 Å². The quantitative estimate of drug-likeness (QED) is 0.738. The van der Waals surface area contributed by atoms with Crippen molar-refractivity contribution in [1.29, 1.82) is 0 Å². The number of aromatic amines is 1. The minimum Gasteiger partial charge on any atom is -0.316 e. The van der Waals surface area contributed by atoms with E-state index in [4.69, 9.17) is 0 Å². The fourth-order valence-electron chi connectivity index (χ4n) is 2.15. The van der Waals surface area contributed by atoms with Gasteiger partial charge in [-0.25, -0.2) is 9.48 Å². The van der Waals surface area contributed by atoms with Gasteiger partial charge in [0.05, 0.1) is 6.54 Å². The topological polar surface area (TPSA) is 62.7 Å². The van der Waals surface area contributed by atoms with Crippen molar-refractivity contribution in [3.05, 3.63) is 16.3 Å². The Bertz CT molecular complexity index is 398. The molecule has 5 nitrogen and oxygen atoms in total. The molecule has 0 spiro atoms. The van der Waals surface area contributed by atoms with Crippen LogP contribution >= 0.6 is 0 Å². The van der Waals surface area contributed by atoms with E-state index in [0.717, 1.165) is 31.9 Å². The maximum atomic E-state index is 11.6. The highest BCUT2D eigenvalue weighted by Crippen LogP contribution is 2.37. The van der Waals surface area contributed by atoms with Gasteiger partial charge in [0.15, 0.2) is 0 Å². The fourth-order valence-corrected chi connectivity index (χ4v) is 2.15. The molecule has 0 amide bonds. The Labute approximate surface area is 87.9 Å². The first kappa shape index (κ1) is 9.15. The van der Waals surface area contributed by atoms with Gasteiger partial charge in [-0.1, -0.05) is 0 Å². The van der Waals surface area contributed by atoms with Gasteiger partial charge in [-0.3, -0.25) is 4.98 Å². The van der Waals surface area contributed by atoms with Gasteiger partial charge < -0.3 is 5.32 Å². The van der Waals surface area contributed by atoms with E-state index in [-0.39, 0.29) is 5.69 Å². The molecule has 3 rings (SSSR count). The Morgan fingerprint density at radius 3 is 2.93 bits per heavy atom. The van der Waals surface area contributed by atoms with Crippen LogP contribution < -0.4 is 11.0 Å². The summed E-state index contributed by atoms with van der Waals surface area (Å²) >= 11 is 0. The second-order valence-corrected chi connectivity index (χ2v) is 4.63. The van der Waals surface area contributed by atoms with Crippen molar-refractivity contribution in [2.24, 2.45) is 5.92 Å². The van der Waals surface area contributed by atoms with Crippen molar-refractivity contribution in [2.75, 3.05) is 13.1 Å². The standard InChI is InChI=1S/C10H16N4O/c15-10-12-9(8-1-2-8)13-14(10)6-7-3-4-11-5-7/h7-8,11H,1-6H2,(H,12,13,15). The highest BCUT2D eigenvalue weighted by Gasteiger charge is 2.28. The first-order chi connectivity index (χ1) is 7.33. The van der Waals surface area contributed by atoms with Crippen LogP contribution in [0.3, 0.4) is 0 Å². The maximum absolute atomic E-state index is 11.6. The van der Waals surface area contributed by atoms with Crippen molar-refractivity contribution in [3.8, 4) is 0 Å². The third-order valence-corrected chi connectivity index (χ3v) is 3.26. The van der Waals surface area contributed by atoms with E-state index in [1.54, 1.807) is 4.68 Å². The van der Waals surface area contributed by atoms with Crippen molar-refractivity contribution >= 4 is 0 Å². The zero-order chi connectivity index (χ0) is 10.3. The van der Waals surface area contributed by atoms with Crippen LogP contribution in [0.15, 0.2) is 4.79 Å². The molecule has 1 aromatic heterocycles. The summed E-state index contributed by atoms with van der Waals surface area (Å²) in [5, 5.41) is 7.66. The molecule has 1 atom stereocenters. The van der Waals surface area contributed by atoms with Gasteiger partial charge >= 0.3 is 5.69 Å². The first-order valence-electron chi connectivity index (χ1n) is 5.70. The summed E-state index contributed by atoms with van der Waals surface area (Å²) in [5.41, 5.74) is -0.0381. The van der Waals surface area contributed by atoms with E-state index in [9.17, 15) is 4.79 Å². The van der Waals surface area contributed by atoms with Crippen molar-refractivity contribution in [1.82, 2.24) is 20.1 Å². The minimum absolute atomic E-state index is 0.0381. The van der Waals surface area contributed by atoms with Crippen molar-refractivity contribution in [3.63, 3.8) is 0 Å². The van der Waals surface area contributed by atoms with Gasteiger partial charge in [-0.2, -0.15) is 5.10 Å². The molecule has 0 aromatic carbocycles. The Morgan fingerprint density at radius 2 is 2.27 bits per heavy atom. The van der Waals surface area contributed by atoms with Gasteiger partial charge in [0.2, 0.25) is 0 Å². The van der Waals surface area contributed by atoms with Gasteiger partial charge in [0.25, 0.3) is 0 Å². The lowest BCUT2D eigenvalue weighted by atomic mass is 10.1. The molecule has 1 aliphatic carbocycles. The third kappa shape index (κ3) is 1.84. The molecule has 2 N–H and O–H groups in total. The molecular formula is C10H16N4O. The van der Waals surface area contributed by atoms with E-state index < -0.39 is 0 Å². The summed E-state index contributed by atoms with van der Waals surface area (Å²) in [7, 11) is 0. The summed E-state index contributed by atoms with van der Waals surface area (Å²) in [6.07, 6.45) is 3.51. The SMILES string of the molecule is O=c1[nH]c(C2CC2)nn1CC1CCNC1. The molecule has 1 unspecified atom stereocenters. The fraction of sp³-hybridized carbons (Fsp3) is 0.800. The van der Waals surface area contributed by atoms with E-state index in [2.05, 4.69) is 15.4 Å². The lowest BCUT2D eigenvalue weighted by Crippen LogP contribution is -2.24. The van der Waals surface area contributed by atoms with E-state index in [0.29, 0.717) is 11.8 Å². The molecule has 2 fully saturated rings. The normalized spacial score (nSPS) is 26.0. The second kappa shape index (κ2) is 3.48. The molecule has 1 aromatic rings. The summed E-state index contributed by atoms with van der Waals surface area (Å²) in [5.74, 6) is 1.99. The van der Waals surface area contributed by atoms with Crippen LogP contribution in [0.5, 0.6) is 0 Å². The van der Waals surface area contributed by atoms with Crippen molar-refractivity contribution in [2.45, 2.75) is 31.7 Å². The highest BCUT2D eigenvalue weighted by molar-refractivity contribution is 5.02. The number of hydrogen-bond donors (Lipinski definition) is 2. The average molecular weight is 208 g/mol. The second-order valence-electron chi connectivity index (χ2n) is 4.63. The third-order valence-electron chi connectivity index (χ3n) is 3.26. The predicted molar refractivity (Wildman–Crippen MR) is 55.8 cm³/mol. The maximum Gasteiger partial charge on any atom is 0.343 e. The van der Waals surface area contributed by atoms with Crippen LogP contribution in [0.1, 0.15) is 31.0 Å². The molecule has 2 heterocycles. The number of H-pyrrole nitrogens is 1. The number of aromatic nitrogens is 3. The van der Waals surface area contributed by atoms with Gasteiger partial charge in [0.1, 0.15) is 5.82 Å². The summed E-state index contributed by atoms with van der Waals surface area (Å²) in [4.78, 5) is 14.4. The van der Waals surface area contributed by atoms with Crippen LogP contribution in [-0.4, -0.2) is 27.9 Å². The molecule has 5 heteroatoms. The average Bonchev–Trinajstić information content (AvgIpc) is 2.84. The summed E-state index contributed by atoms with van der Waals surface area (Å²) < 4.78 is 1.60. The lowest BCUT2D eigenvalue weighted by molar-refractivity contribution is 0.438. The Balaban J connectivity index is 1.75. The predicted octanol–water partition coefficient (Wildman–Crippen LogP) is 0.0583. The Morgan fingerprint density at radius 1 is 1.40 bits per heavy atom. The van der Waals surface area contributed by atoms with Crippen LogP contribution in [0.2, 0.25) is 0 Å². The smallest absolute Gasteiger partial charge is 0.316 e. The number of nitrogens with one attached hydrogen (secondary N) is 2. The molecule has 2 aliphatic rings. The molecule has 15 heavy (non-hydrogen) atoms. The molecule has 0 radical (unpaired) electrons. The van der Waals surface area contributed by atoms with Crippen LogP contribution in [0, 0.1) is 5.92 Å². The summed E-state index contributed by atoms with van der Waals surface area (Å²) in [6.45, 7) is 2.84. The molecule has 1 aliphatic heterocycles. The minimum atomic E-state index is -0.0381. The monoisotopic (exact) mass is 208 g/mol. The number of nitrogens with zero attached hydrogens (tertiary/aromatic N) is 2.